The Hall–Kier alpha value is -2.67. The van der Waals surface area contributed by atoms with Crippen LogP contribution in [0.2, 0.25) is 0 Å². The summed E-state index contributed by atoms with van der Waals surface area (Å²) in [6, 6.07) is 11.8. The van der Waals surface area contributed by atoms with Gasteiger partial charge in [-0.05, 0) is 46.3 Å². The molecule has 1 amide bonds. The van der Waals surface area contributed by atoms with Crippen molar-refractivity contribution in [2.24, 2.45) is 0 Å². The van der Waals surface area contributed by atoms with Gasteiger partial charge in [-0.2, -0.15) is 0 Å². The predicted octanol–water partition coefficient (Wildman–Crippen LogP) is 2.83. The molecule has 2 aromatic carbocycles. The van der Waals surface area contributed by atoms with Crippen LogP contribution >= 0.6 is 15.9 Å². The van der Waals surface area contributed by atoms with E-state index in [1.807, 2.05) is 0 Å². The van der Waals surface area contributed by atoms with Crippen LogP contribution in [0.1, 0.15) is 5.56 Å². The molecule has 0 fully saturated rings. The minimum Gasteiger partial charge on any atom is -0.507 e. The van der Waals surface area contributed by atoms with Crippen LogP contribution < -0.4 is 20.3 Å². The van der Waals surface area contributed by atoms with Gasteiger partial charge in [-0.3, -0.25) is 15.6 Å². The third-order valence-corrected chi connectivity index (χ3v) is 3.70. The van der Waals surface area contributed by atoms with Crippen LogP contribution in [0.4, 0.5) is 0 Å². The van der Waals surface area contributed by atoms with Gasteiger partial charge in [0.1, 0.15) is 17.2 Å². The van der Waals surface area contributed by atoms with Crippen molar-refractivity contribution in [3.8, 4) is 17.2 Å². The maximum Gasteiger partial charge on any atom is 0.276 e. The first-order valence-corrected chi connectivity index (χ1v) is 7.79. The number of hydrazine groups is 1. The normalized spacial score (nSPS) is 9.92. The summed E-state index contributed by atoms with van der Waals surface area (Å²) in [5, 5.41) is 9.72. The first kappa shape index (κ1) is 17.7. The highest BCUT2D eigenvalue weighted by Crippen LogP contribution is 2.29. The summed E-state index contributed by atoms with van der Waals surface area (Å²) in [4.78, 5) is 11.8. The van der Waals surface area contributed by atoms with E-state index in [0.29, 0.717) is 27.2 Å². The van der Waals surface area contributed by atoms with Crippen LogP contribution in [-0.4, -0.2) is 24.7 Å². The number of phenolic OH excluding ortho intramolecular Hbond substituents is 1. The molecule has 0 heterocycles. The molecule has 0 atom stereocenters. The summed E-state index contributed by atoms with van der Waals surface area (Å²) in [6.07, 6.45) is 0. The van der Waals surface area contributed by atoms with Crippen molar-refractivity contribution in [2.75, 3.05) is 13.7 Å². The highest BCUT2D eigenvalue weighted by atomic mass is 79.9. The lowest BCUT2D eigenvalue weighted by molar-refractivity contribution is -0.123. The molecule has 0 aliphatic carbocycles. The fourth-order valence-electron chi connectivity index (χ4n) is 1.85. The van der Waals surface area contributed by atoms with Gasteiger partial charge in [-0.25, -0.2) is 0 Å². The fraction of sp³-hybridized carbons (Fsp3) is 0.118. The number of para-hydroxylation sites is 1. The molecule has 0 bridgehead atoms. The Morgan fingerprint density at radius 2 is 2.00 bits per heavy atom. The number of hydrogen-bond donors (Lipinski definition) is 3. The number of phenols is 1. The van der Waals surface area contributed by atoms with Crippen LogP contribution in [-0.2, 0) is 4.79 Å². The van der Waals surface area contributed by atoms with Gasteiger partial charge in [-0.1, -0.05) is 18.7 Å². The summed E-state index contributed by atoms with van der Waals surface area (Å²) in [5.74, 6) is 0.877. The number of ether oxygens (including phenoxy) is 2. The predicted molar refractivity (Wildman–Crippen MR) is 94.6 cm³/mol. The average Bonchev–Trinajstić information content (AvgIpc) is 2.58. The molecule has 6 nitrogen and oxygen atoms in total. The van der Waals surface area contributed by atoms with Crippen LogP contribution in [0.5, 0.6) is 17.2 Å². The van der Waals surface area contributed by atoms with Gasteiger partial charge < -0.3 is 14.6 Å². The Balaban J connectivity index is 1.84. The summed E-state index contributed by atoms with van der Waals surface area (Å²) >= 11 is 3.34. The van der Waals surface area contributed by atoms with E-state index in [0.717, 1.165) is 0 Å². The smallest absolute Gasteiger partial charge is 0.276 e. The number of amides is 1. The zero-order valence-electron chi connectivity index (χ0n) is 13.0. The van der Waals surface area contributed by atoms with Crippen molar-refractivity contribution >= 4 is 27.5 Å². The van der Waals surface area contributed by atoms with Crippen molar-refractivity contribution in [1.82, 2.24) is 10.9 Å². The van der Waals surface area contributed by atoms with Crippen LogP contribution in [0, 0.1) is 0 Å². The van der Waals surface area contributed by atoms with Crippen LogP contribution in [0.25, 0.3) is 5.70 Å². The second-order valence-corrected chi connectivity index (χ2v) is 5.61. The molecule has 24 heavy (non-hydrogen) atoms. The van der Waals surface area contributed by atoms with Gasteiger partial charge in [0.25, 0.3) is 5.91 Å². The van der Waals surface area contributed by atoms with E-state index in [9.17, 15) is 9.90 Å². The molecule has 0 aromatic heterocycles. The lowest BCUT2D eigenvalue weighted by Crippen LogP contribution is -2.39. The number of halogens is 1. The Bertz CT molecular complexity index is 749. The van der Waals surface area contributed by atoms with Gasteiger partial charge in [0, 0.05) is 5.56 Å². The van der Waals surface area contributed by atoms with E-state index in [1.165, 1.54) is 6.07 Å². The number of rotatable bonds is 7. The van der Waals surface area contributed by atoms with Gasteiger partial charge in [-0.15, -0.1) is 0 Å². The van der Waals surface area contributed by atoms with Crippen LogP contribution in [0.15, 0.2) is 53.5 Å². The van der Waals surface area contributed by atoms with Crippen molar-refractivity contribution < 1.29 is 19.4 Å². The van der Waals surface area contributed by atoms with E-state index in [2.05, 4.69) is 33.4 Å². The number of nitrogens with one attached hydrogen (secondary N) is 2. The largest absolute Gasteiger partial charge is 0.507 e. The third-order valence-electron chi connectivity index (χ3n) is 3.08. The molecular weight excluding hydrogens is 376 g/mol. The molecule has 2 rings (SSSR count). The maximum absolute atomic E-state index is 11.8. The summed E-state index contributed by atoms with van der Waals surface area (Å²) in [7, 11) is 1.57. The summed E-state index contributed by atoms with van der Waals surface area (Å²) in [5.41, 5.74) is 5.96. The minimum atomic E-state index is -0.394. The highest BCUT2D eigenvalue weighted by Gasteiger charge is 2.08. The van der Waals surface area contributed by atoms with Crippen molar-refractivity contribution in [2.45, 2.75) is 0 Å². The van der Waals surface area contributed by atoms with Gasteiger partial charge >= 0.3 is 0 Å². The van der Waals surface area contributed by atoms with Crippen LogP contribution in [0.3, 0.4) is 0 Å². The Morgan fingerprint density at radius 1 is 1.25 bits per heavy atom. The van der Waals surface area contributed by atoms with E-state index in [1.54, 1.807) is 43.5 Å². The topological polar surface area (TPSA) is 79.8 Å². The molecule has 3 N–H and O–H groups in total. The second-order valence-electron chi connectivity index (χ2n) is 4.75. The maximum atomic E-state index is 11.8. The SMILES string of the molecule is C=C(NNC(=O)COc1ccc(OC)cc1Br)c1ccccc1O. The quantitative estimate of drug-likeness (QED) is 0.631. The Labute approximate surface area is 148 Å². The molecular formula is C17H17BrN2O4. The van der Waals surface area contributed by atoms with E-state index >= 15 is 0 Å². The van der Waals surface area contributed by atoms with Gasteiger partial charge in [0.15, 0.2) is 6.61 Å². The fourth-order valence-corrected chi connectivity index (χ4v) is 2.32. The molecule has 0 spiro atoms. The van der Waals surface area contributed by atoms with Crippen molar-refractivity contribution in [3.63, 3.8) is 0 Å². The summed E-state index contributed by atoms with van der Waals surface area (Å²) < 4.78 is 11.2. The molecule has 0 aliphatic heterocycles. The average molecular weight is 393 g/mol. The zero-order chi connectivity index (χ0) is 17.5. The Kier molecular flexibility index (Phi) is 6.08. The highest BCUT2D eigenvalue weighted by molar-refractivity contribution is 9.10. The van der Waals surface area contributed by atoms with Crippen molar-refractivity contribution in [1.29, 1.82) is 0 Å². The molecule has 0 aliphatic rings. The van der Waals surface area contributed by atoms with Crippen molar-refractivity contribution in [3.05, 3.63) is 59.1 Å². The number of carbonyl (C=O) groups is 1. The first-order valence-electron chi connectivity index (χ1n) is 6.99. The molecule has 0 saturated carbocycles. The number of methoxy groups -OCH3 is 1. The molecule has 0 saturated heterocycles. The molecule has 2 aromatic rings. The Morgan fingerprint density at radius 3 is 2.67 bits per heavy atom. The molecule has 7 heteroatoms. The lowest BCUT2D eigenvalue weighted by Gasteiger charge is -2.13. The number of hydrogen-bond acceptors (Lipinski definition) is 5. The number of aromatic hydroxyl groups is 1. The van der Waals surface area contributed by atoms with E-state index < -0.39 is 5.91 Å². The third kappa shape index (κ3) is 4.66. The number of benzene rings is 2. The zero-order valence-corrected chi connectivity index (χ0v) is 14.6. The van der Waals surface area contributed by atoms with Gasteiger partial charge in [0.2, 0.25) is 0 Å². The minimum absolute atomic E-state index is 0.0719. The molecule has 0 radical (unpaired) electrons. The second kappa shape index (κ2) is 8.26. The summed E-state index contributed by atoms with van der Waals surface area (Å²) in [6.45, 7) is 3.57. The number of carbonyl (C=O) groups excluding carboxylic acids is 1. The van der Waals surface area contributed by atoms with E-state index in [4.69, 9.17) is 9.47 Å². The van der Waals surface area contributed by atoms with Gasteiger partial charge in [0.05, 0.1) is 17.3 Å². The molecule has 126 valence electrons. The standard InChI is InChI=1S/C17H17BrN2O4/c1-11(13-5-3-4-6-15(13)21)19-20-17(22)10-24-16-8-7-12(23-2)9-14(16)18/h3-9,19,21H,1,10H2,2H3,(H,20,22). The molecule has 0 unspecified atom stereocenters. The monoisotopic (exact) mass is 392 g/mol. The lowest BCUT2D eigenvalue weighted by atomic mass is 10.1. The first-order chi connectivity index (χ1) is 11.5. The van der Waals surface area contributed by atoms with E-state index in [-0.39, 0.29) is 12.4 Å².